The first-order valence-electron chi connectivity index (χ1n) is 6.26. The third-order valence-electron chi connectivity index (χ3n) is 3.39. The van der Waals surface area contributed by atoms with Crippen LogP contribution in [0.3, 0.4) is 0 Å². The standard InChI is InChI=1S/C13H24O/c1-3-7-11(2)10-13(14)12-8-5-4-6-9-12/h11-12H,3-10H2,1-2H3. The van der Waals surface area contributed by atoms with Crippen molar-refractivity contribution in [2.45, 2.75) is 65.2 Å². The summed E-state index contributed by atoms with van der Waals surface area (Å²) in [6.07, 6.45) is 9.47. The predicted molar refractivity (Wildman–Crippen MR) is 60.3 cm³/mol. The Hall–Kier alpha value is -0.330. The molecule has 82 valence electrons. The van der Waals surface area contributed by atoms with Crippen LogP contribution in [0.5, 0.6) is 0 Å². The second-order valence-corrected chi connectivity index (χ2v) is 4.90. The Kier molecular flexibility index (Phi) is 5.21. The Balaban J connectivity index is 2.25. The van der Waals surface area contributed by atoms with E-state index in [1.165, 1.54) is 32.1 Å². The van der Waals surface area contributed by atoms with Gasteiger partial charge in [-0.15, -0.1) is 0 Å². The van der Waals surface area contributed by atoms with Gasteiger partial charge in [0.05, 0.1) is 0 Å². The van der Waals surface area contributed by atoms with Crippen molar-refractivity contribution in [1.29, 1.82) is 0 Å². The maximum Gasteiger partial charge on any atom is 0.136 e. The largest absolute Gasteiger partial charge is 0.299 e. The van der Waals surface area contributed by atoms with Gasteiger partial charge >= 0.3 is 0 Å². The van der Waals surface area contributed by atoms with Crippen LogP contribution >= 0.6 is 0 Å². The average Bonchev–Trinajstić information content (AvgIpc) is 2.19. The van der Waals surface area contributed by atoms with Crippen LogP contribution in [-0.4, -0.2) is 5.78 Å². The van der Waals surface area contributed by atoms with Gasteiger partial charge in [-0.25, -0.2) is 0 Å². The van der Waals surface area contributed by atoms with Gasteiger partial charge in [0.1, 0.15) is 5.78 Å². The molecule has 0 aromatic heterocycles. The highest BCUT2D eigenvalue weighted by Crippen LogP contribution is 2.26. The summed E-state index contributed by atoms with van der Waals surface area (Å²) in [5, 5.41) is 0. The summed E-state index contributed by atoms with van der Waals surface area (Å²) in [4.78, 5) is 11.9. The Morgan fingerprint density at radius 3 is 2.50 bits per heavy atom. The van der Waals surface area contributed by atoms with E-state index in [9.17, 15) is 4.79 Å². The highest BCUT2D eigenvalue weighted by Gasteiger charge is 2.21. The van der Waals surface area contributed by atoms with Gasteiger partial charge in [-0.2, -0.15) is 0 Å². The van der Waals surface area contributed by atoms with E-state index in [4.69, 9.17) is 0 Å². The third-order valence-corrected chi connectivity index (χ3v) is 3.39. The lowest BCUT2D eigenvalue weighted by Crippen LogP contribution is -2.19. The third kappa shape index (κ3) is 3.81. The molecular formula is C13H24O. The zero-order valence-corrected chi connectivity index (χ0v) is 9.72. The zero-order chi connectivity index (χ0) is 10.4. The van der Waals surface area contributed by atoms with Gasteiger partial charge in [-0.05, 0) is 18.8 Å². The van der Waals surface area contributed by atoms with Crippen LogP contribution < -0.4 is 0 Å². The average molecular weight is 196 g/mol. The number of carbonyl (C=O) groups is 1. The fraction of sp³-hybridized carbons (Fsp3) is 0.923. The summed E-state index contributed by atoms with van der Waals surface area (Å²) < 4.78 is 0. The van der Waals surface area contributed by atoms with E-state index in [1.807, 2.05) is 0 Å². The van der Waals surface area contributed by atoms with E-state index in [0.29, 0.717) is 17.6 Å². The van der Waals surface area contributed by atoms with Crippen molar-refractivity contribution in [3.8, 4) is 0 Å². The van der Waals surface area contributed by atoms with Gasteiger partial charge in [-0.3, -0.25) is 4.79 Å². The van der Waals surface area contributed by atoms with Gasteiger partial charge in [0.15, 0.2) is 0 Å². The lowest BCUT2D eigenvalue weighted by Gasteiger charge is -2.21. The van der Waals surface area contributed by atoms with Crippen LogP contribution in [0.1, 0.15) is 65.2 Å². The highest BCUT2D eigenvalue weighted by atomic mass is 16.1. The molecule has 0 aliphatic heterocycles. The number of hydrogen-bond acceptors (Lipinski definition) is 1. The molecule has 1 fully saturated rings. The minimum atomic E-state index is 0.419. The minimum absolute atomic E-state index is 0.419. The molecule has 0 amide bonds. The molecule has 0 heterocycles. The van der Waals surface area contributed by atoms with E-state index >= 15 is 0 Å². The maximum absolute atomic E-state index is 11.9. The summed E-state index contributed by atoms with van der Waals surface area (Å²) >= 11 is 0. The van der Waals surface area contributed by atoms with E-state index in [1.54, 1.807) is 0 Å². The van der Waals surface area contributed by atoms with Crippen LogP contribution in [-0.2, 0) is 4.79 Å². The first-order chi connectivity index (χ1) is 6.74. The summed E-state index contributed by atoms with van der Waals surface area (Å²) in [5.74, 6) is 1.57. The highest BCUT2D eigenvalue weighted by molar-refractivity contribution is 5.81. The second-order valence-electron chi connectivity index (χ2n) is 4.90. The maximum atomic E-state index is 11.9. The number of Topliss-reactive ketones (excluding diaryl/α,β-unsaturated/α-hetero) is 1. The molecule has 1 heteroatoms. The molecule has 1 aliphatic rings. The summed E-state index contributed by atoms with van der Waals surface area (Å²) in [7, 11) is 0. The molecule has 1 unspecified atom stereocenters. The molecule has 1 rings (SSSR count). The molecule has 0 aromatic carbocycles. The van der Waals surface area contributed by atoms with Gasteiger partial charge < -0.3 is 0 Å². The lowest BCUT2D eigenvalue weighted by atomic mass is 9.83. The molecule has 0 aromatic rings. The van der Waals surface area contributed by atoms with Crippen LogP contribution in [0.4, 0.5) is 0 Å². The van der Waals surface area contributed by atoms with E-state index in [0.717, 1.165) is 19.3 Å². The SMILES string of the molecule is CCCC(C)CC(=O)C1CCCCC1. The van der Waals surface area contributed by atoms with Crippen molar-refractivity contribution >= 4 is 5.78 Å². The van der Waals surface area contributed by atoms with Gasteiger partial charge in [0, 0.05) is 12.3 Å². The number of rotatable bonds is 5. The van der Waals surface area contributed by atoms with Crippen LogP contribution in [0, 0.1) is 11.8 Å². The van der Waals surface area contributed by atoms with Crippen molar-refractivity contribution in [3.05, 3.63) is 0 Å². The molecule has 0 spiro atoms. The number of carbonyl (C=O) groups excluding carboxylic acids is 1. The van der Waals surface area contributed by atoms with Crippen molar-refractivity contribution < 1.29 is 4.79 Å². The van der Waals surface area contributed by atoms with E-state index < -0.39 is 0 Å². The molecule has 1 saturated carbocycles. The molecule has 0 N–H and O–H groups in total. The second kappa shape index (κ2) is 6.21. The fourth-order valence-electron chi connectivity index (χ4n) is 2.53. The quantitative estimate of drug-likeness (QED) is 0.650. The smallest absolute Gasteiger partial charge is 0.136 e. The van der Waals surface area contributed by atoms with Crippen molar-refractivity contribution in [1.82, 2.24) is 0 Å². The monoisotopic (exact) mass is 196 g/mol. The first kappa shape index (κ1) is 11.7. The molecular weight excluding hydrogens is 172 g/mol. The Bertz CT molecular complexity index is 168. The summed E-state index contributed by atoms with van der Waals surface area (Å²) in [5.41, 5.74) is 0. The van der Waals surface area contributed by atoms with Crippen molar-refractivity contribution in [3.63, 3.8) is 0 Å². The first-order valence-corrected chi connectivity index (χ1v) is 6.26. The Labute approximate surface area is 88.3 Å². The molecule has 0 radical (unpaired) electrons. The molecule has 1 aliphatic carbocycles. The predicted octanol–water partition coefficient (Wildman–Crippen LogP) is 3.96. The normalized spacial score (nSPS) is 20.7. The van der Waals surface area contributed by atoms with Crippen LogP contribution in [0.15, 0.2) is 0 Å². The Morgan fingerprint density at radius 1 is 1.29 bits per heavy atom. The van der Waals surface area contributed by atoms with Gasteiger partial charge in [0.25, 0.3) is 0 Å². The molecule has 0 bridgehead atoms. The number of ketones is 1. The van der Waals surface area contributed by atoms with Gasteiger partial charge in [-0.1, -0.05) is 46.0 Å². The Morgan fingerprint density at radius 2 is 1.93 bits per heavy atom. The van der Waals surface area contributed by atoms with E-state index in [-0.39, 0.29) is 0 Å². The molecule has 14 heavy (non-hydrogen) atoms. The molecule has 1 atom stereocenters. The van der Waals surface area contributed by atoms with Crippen LogP contribution in [0.25, 0.3) is 0 Å². The fourth-order valence-corrected chi connectivity index (χ4v) is 2.53. The topological polar surface area (TPSA) is 17.1 Å². The number of hydrogen-bond donors (Lipinski definition) is 0. The zero-order valence-electron chi connectivity index (χ0n) is 9.72. The molecule has 1 nitrogen and oxygen atoms in total. The summed E-state index contributed by atoms with van der Waals surface area (Å²) in [6.45, 7) is 4.41. The summed E-state index contributed by atoms with van der Waals surface area (Å²) in [6, 6.07) is 0. The van der Waals surface area contributed by atoms with Crippen molar-refractivity contribution in [2.75, 3.05) is 0 Å². The molecule has 0 saturated heterocycles. The minimum Gasteiger partial charge on any atom is -0.299 e. The van der Waals surface area contributed by atoms with Crippen molar-refractivity contribution in [2.24, 2.45) is 11.8 Å². The van der Waals surface area contributed by atoms with Gasteiger partial charge in [0.2, 0.25) is 0 Å². The lowest BCUT2D eigenvalue weighted by molar-refractivity contribution is -0.124. The van der Waals surface area contributed by atoms with E-state index in [2.05, 4.69) is 13.8 Å². The van der Waals surface area contributed by atoms with Crippen LogP contribution in [0.2, 0.25) is 0 Å².